The number of hydrogen-bond acceptors (Lipinski definition) is 5. The van der Waals surface area contributed by atoms with Gasteiger partial charge in [-0.15, -0.1) is 11.6 Å². The van der Waals surface area contributed by atoms with Crippen molar-refractivity contribution in [3.05, 3.63) is 34.9 Å². The maximum atomic E-state index is 11.7. The summed E-state index contributed by atoms with van der Waals surface area (Å²) in [5.41, 5.74) is 3.75. The van der Waals surface area contributed by atoms with Crippen LogP contribution in [0.15, 0.2) is 23.8 Å². The molecule has 4 atom stereocenters. The van der Waals surface area contributed by atoms with Crippen molar-refractivity contribution in [2.24, 2.45) is 0 Å². The third-order valence-electron chi connectivity index (χ3n) is 5.51. The monoisotopic (exact) mass is 347 g/mol. The smallest absolute Gasteiger partial charge is 0.302 e. The third kappa shape index (κ3) is 2.01. The van der Waals surface area contributed by atoms with Gasteiger partial charge >= 0.3 is 5.97 Å². The second kappa shape index (κ2) is 5.14. The molecular formula is C18H18ClNO4. The average molecular weight is 348 g/mol. The maximum absolute atomic E-state index is 11.7. The van der Waals surface area contributed by atoms with E-state index in [1.807, 2.05) is 0 Å². The van der Waals surface area contributed by atoms with Crippen molar-refractivity contribution in [3.8, 4) is 11.5 Å². The van der Waals surface area contributed by atoms with Crippen LogP contribution in [0, 0.1) is 0 Å². The molecule has 3 aliphatic heterocycles. The first kappa shape index (κ1) is 14.6. The van der Waals surface area contributed by atoms with Crippen molar-refractivity contribution in [1.82, 2.24) is 4.90 Å². The fourth-order valence-electron chi connectivity index (χ4n) is 4.63. The minimum absolute atomic E-state index is 0.0390. The van der Waals surface area contributed by atoms with Crippen LogP contribution in [-0.2, 0) is 16.1 Å². The highest BCUT2D eigenvalue weighted by Crippen LogP contribution is 2.51. The number of rotatable bonds is 1. The molecule has 1 aliphatic carbocycles. The number of carbonyl (C=O) groups excluding carboxylic acids is 1. The van der Waals surface area contributed by atoms with Gasteiger partial charge in [-0.25, -0.2) is 0 Å². The molecule has 126 valence electrons. The van der Waals surface area contributed by atoms with Crippen LogP contribution in [0.5, 0.6) is 11.5 Å². The predicted molar refractivity (Wildman–Crippen MR) is 87.4 cm³/mol. The number of fused-ring (bicyclic) bond motifs is 3. The normalized spacial score (nSPS) is 32.8. The Labute approximate surface area is 145 Å². The first-order chi connectivity index (χ1) is 11.6. The molecule has 6 heteroatoms. The molecule has 0 amide bonds. The number of halogens is 1. The molecule has 3 heterocycles. The molecule has 1 fully saturated rings. The van der Waals surface area contributed by atoms with E-state index < -0.39 is 0 Å². The van der Waals surface area contributed by atoms with Gasteiger partial charge in [0.15, 0.2) is 11.5 Å². The first-order valence-electron chi connectivity index (χ1n) is 8.30. The summed E-state index contributed by atoms with van der Waals surface area (Å²) in [7, 11) is 0. The number of carbonyl (C=O) groups is 1. The van der Waals surface area contributed by atoms with Gasteiger partial charge in [0.25, 0.3) is 0 Å². The van der Waals surface area contributed by atoms with Gasteiger partial charge in [-0.2, -0.15) is 0 Å². The van der Waals surface area contributed by atoms with Gasteiger partial charge in [-0.05, 0) is 29.7 Å². The Morgan fingerprint density at radius 1 is 1.33 bits per heavy atom. The third-order valence-corrected chi connectivity index (χ3v) is 5.89. The van der Waals surface area contributed by atoms with Crippen molar-refractivity contribution in [1.29, 1.82) is 0 Å². The van der Waals surface area contributed by atoms with E-state index in [1.54, 1.807) is 0 Å². The van der Waals surface area contributed by atoms with Crippen molar-refractivity contribution in [3.63, 3.8) is 0 Å². The highest BCUT2D eigenvalue weighted by molar-refractivity contribution is 6.22. The molecule has 0 unspecified atom stereocenters. The summed E-state index contributed by atoms with van der Waals surface area (Å²) in [6.07, 6.45) is 2.75. The molecule has 5 rings (SSSR count). The number of hydrogen-bond donors (Lipinski definition) is 0. The minimum atomic E-state index is -0.363. The number of nitrogens with zero attached hydrogens (tertiary/aromatic N) is 1. The van der Waals surface area contributed by atoms with E-state index in [4.69, 9.17) is 25.8 Å². The van der Waals surface area contributed by atoms with Gasteiger partial charge in [-0.3, -0.25) is 9.69 Å². The lowest BCUT2D eigenvalue weighted by atomic mass is 9.74. The Morgan fingerprint density at radius 2 is 2.12 bits per heavy atom. The fourth-order valence-corrected chi connectivity index (χ4v) is 5.00. The van der Waals surface area contributed by atoms with Gasteiger partial charge in [0, 0.05) is 32.0 Å². The Morgan fingerprint density at radius 3 is 2.92 bits per heavy atom. The van der Waals surface area contributed by atoms with Crippen LogP contribution in [-0.4, -0.2) is 41.7 Å². The van der Waals surface area contributed by atoms with E-state index in [2.05, 4.69) is 23.1 Å². The van der Waals surface area contributed by atoms with Crippen molar-refractivity contribution >= 4 is 17.6 Å². The molecule has 1 saturated heterocycles. The van der Waals surface area contributed by atoms with E-state index >= 15 is 0 Å². The van der Waals surface area contributed by atoms with Gasteiger partial charge in [0.05, 0.1) is 5.38 Å². The SMILES string of the molecule is CC(=O)O[C@H]1[C@H]2c3cc4c(cc3CN3CCC(=C[C@@H]1Cl)[C@H]23)OCO4. The van der Waals surface area contributed by atoms with Crippen molar-refractivity contribution in [2.75, 3.05) is 13.3 Å². The van der Waals surface area contributed by atoms with Crippen LogP contribution < -0.4 is 9.47 Å². The van der Waals surface area contributed by atoms with Crippen molar-refractivity contribution in [2.45, 2.75) is 43.3 Å². The van der Waals surface area contributed by atoms with Gasteiger partial charge in [-0.1, -0.05) is 11.6 Å². The Bertz CT molecular complexity index is 762. The van der Waals surface area contributed by atoms with E-state index in [9.17, 15) is 4.79 Å². The Balaban J connectivity index is 1.66. The topological polar surface area (TPSA) is 48.0 Å². The van der Waals surface area contributed by atoms with E-state index in [0.717, 1.165) is 31.0 Å². The summed E-state index contributed by atoms with van der Waals surface area (Å²) in [6.45, 7) is 3.59. The molecule has 4 aliphatic rings. The van der Waals surface area contributed by atoms with Crippen LogP contribution in [0.1, 0.15) is 30.4 Å². The van der Waals surface area contributed by atoms with Crippen LogP contribution >= 0.6 is 11.6 Å². The molecule has 0 spiro atoms. The van der Waals surface area contributed by atoms with Crippen LogP contribution in [0.4, 0.5) is 0 Å². The summed E-state index contributed by atoms with van der Waals surface area (Å²) in [5.74, 6) is 1.31. The van der Waals surface area contributed by atoms with E-state index in [0.29, 0.717) is 0 Å². The molecule has 0 aromatic heterocycles. The number of esters is 1. The van der Waals surface area contributed by atoms with E-state index in [1.165, 1.54) is 23.6 Å². The molecule has 1 aromatic rings. The van der Waals surface area contributed by atoms with Crippen LogP contribution in [0.25, 0.3) is 0 Å². The molecule has 24 heavy (non-hydrogen) atoms. The second-order valence-electron chi connectivity index (χ2n) is 6.86. The molecular weight excluding hydrogens is 330 g/mol. The lowest BCUT2D eigenvalue weighted by Gasteiger charge is -2.45. The number of benzene rings is 1. The lowest BCUT2D eigenvalue weighted by Crippen LogP contribution is -2.50. The van der Waals surface area contributed by atoms with E-state index in [-0.39, 0.29) is 36.2 Å². The highest BCUT2D eigenvalue weighted by Gasteiger charge is 2.50. The number of ether oxygens (including phenoxy) is 3. The highest BCUT2D eigenvalue weighted by atomic mass is 35.5. The molecule has 1 aromatic carbocycles. The molecule has 5 nitrogen and oxygen atoms in total. The first-order valence-corrected chi connectivity index (χ1v) is 8.74. The Hall–Kier alpha value is -1.72. The zero-order valence-corrected chi connectivity index (χ0v) is 14.1. The van der Waals surface area contributed by atoms with Gasteiger partial charge in [0.2, 0.25) is 6.79 Å². The minimum Gasteiger partial charge on any atom is -0.460 e. The molecule has 0 radical (unpaired) electrons. The summed E-state index contributed by atoms with van der Waals surface area (Å²) in [6, 6.07) is 4.39. The molecule has 0 N–H and O–H groups in total. The van der Waals surface area contributed by atoms with Gasteiger partial charge < -0.3 is 14.2 Å². The lowest BCUT2D eigenvalue weighted by molar-refractivity contribution is -0.148. The zero-order valence-electron chi connectivity index (χ0n) is 13.3. The molecule has 0 saturated carbocycles. The quantitative estimate of drug-likeness (QED) is 0.444. The summed E-state index contributed by atoms with van der Waals surface area (Å²) >= 11 is 6.59. The van der Waals surface area contributed by atoms with Gasteiger partial charge in [0.1, 0.15) is 6.10 Å². The molecule has 0 bridgehead atoms. The second-order valence-corrected chi connectivity index (χ2v) is 7.36. The largest absolute Gasteiger partial charge is 0.460 e. The van der Waals surface area contributed by atoms with Crippen LogP contribution in [0.3, 0.4) is 0 Å². The standard InChI is InChI=1S/C18H18ClNO4/c1-9(21)24-18-13(19)4-10-2-3-20-7-11-5-14-15(23-8-22-14)6-12(11)16(18)17(10)20/h4-6,13,16-18H,2-3,7-8H2,1H3/t13-,16-,17+,18+/m0/s1. The van der Waals surface area contributed by atoms with Crippen molar-refractivity contribution < 1.29 is 19.0 Å². The Kier molecular flexibility index (Phi) is 3.13. The average Bonchev–Trinajstić information content (AvgIpc) is 3.15. The maximum Gasteiger partial charge on any atom is 0.302 e. The summed E-state index contributed by atoms with van der Waals surface area (Å²) in [4.78, 5) is 14.1. The zero-order chi connectivity index (χ0) is 16.4. The summed E-state index contributed by atoms with van der Waals surface area (Å²) in [5, 5.41) is -0.304. The predicted octanol–water partition coefficient (Wildman–Crippen LogP) is 2.57. The number of alkyl halides is 1. The van der Waals surface area contributed by atoms with Crippen LogP contribution in [0.2, 0.25) is 0 Å². The fraction of sp³-hybridized carbons (Fsp3) is 0.500. The summed E-state index contributed by atoms with van der Waals surface area (Å²) < 4.78 is 16.8.